The Labute approximate surface area is 274 Å². The third-order valence-corrected chi connectivity index (χ3v) is 14.0. The molecule has 1 spiro atoms. The highest BCUT2D eigenvalue weighted by Crippen LogP contribution is 2.70. The zero-order chi connectivity index (χ0) is 32.4. The summed E-state index contributed by atoms with van der Waals surface area (Å²) in [7, 11) is 0. The van der Waals surface area contributed by atoms with E-state index in [1.54, 1.807) is 6.07 Å². The van der Waals surface area contributed by atoms with Gasteiger partial charge in [0.05, 0.1) is 6.10 Å². The van der Waals surface area contributed by atoms with Crippen molar-refractivity contribution < 1.29 is 24.5 Å². The summed E-state index contributed by atoms with van der Waals surface area (Å²) in [6.07, 6.45) is 13.5. The largest absolute Gasteiger partial charge is 0.504 e. The highest BCUT2D eigenvalue weighted by molar-refractivity contribution is 5.97. The number of carbonyl (C=O) groups is 2. The van der Waals surface area contributed by atoms with Crippen LogP contribution in [0.1, 0.15) is 97.5 Å². The van der Waals surface area contributed by atoms with Gasteiger partial charge in [-0.2, -0.15) is 0 Å². The summed E-state index contributed by atoms with van der Waals surface area (Å²) in [5, 5.41) is 29.0. The van der Waals surface area contributed by atoms with Crippen LogP contribution in [0.15, 0.2) is 29.8 Å². The highest BCUT2D eigenvalue weighted by Gasteiger charge is 2.68. The number of ether oxygens (including phenoxy) is 1. The molecule has 2 amide bonds. The first-order chi connectivity index (χ1) is 21.9. The molecule has 0 bridgehead atoms. The second-order valence-electron chi connectivity index (χ2n) is 16.5. The Morgan fingerprint density at radius 2 is 1.85 bits per heavy atom. The molecule has 8 heteroatoms. The number of phenolic OH excluding ortho intramolecular Hbond substituents is 2. The lowest BCUT2D eigenvalue weighted by atomic mass is 9.46. The van der Waals surface area contributed by atoms with Gasteiger partial charge in [0, 0.05) is 25.0 Å². The fourth-order valence-electron chi connectivity index (χ4n) is 11.5. The number of fused-ring (bicyclic) bond motifs is 7. The van der Waals surface area contributed by atoms with Gasteiger partial charge in [-0.15, -0.1) is 0 Å². The average Bonchev–Trinajstić information content (AvgIpc) is 3.46. The van der Waals surface area contributed by atoms with Crippen molar-refractivity contribution in [1.29, 1.82) is 0 Å². The van der Waals surface area contributed by atoms with Crippen LogP contribution in [0.4, 0.5) is 0 Å². The Bertz CT molecular complexity index is 1390. The van der Waals surface area contributed by atoms with E-state index in [9.17, 15) is 19.8 Å². The van der Waals surface area contributed by atoms with Crippen molar-refractivity contribution in [3.8, 4) is 11.5 Å². The predicted molar refractivity (Wildman–Crippen MR) is 177 cm³/mol. The monoisotopic (exact) mass is 633 g/mol. The molecule has 1 aromatic carbocycles. The van der Waals surface area contributed by atoms with Crippen LogP contribution in [-0.2, 0) is 20.7 Å². The fourth-order valence-corrected chi connectivity index (χ4v) is 11.5. The van der Waals surface area contributed by atoms with Gasteiger partial charge in [0.1, 0.15) is 12.1 Å². The molecule has 46 heavy (non-hydrogen) atoms. The molecule has 11 atom stereocenters. The molecular formula is C38H55N3O5. The maximum Gasteiger partial charge on any atom is 0.229 e. The molecule has 2 aliphatic heterocycles. The second kappa shape index (κ2) is 11.8. The van der Waals surface area contributed by atoms with Crippen LogP contribution in [0.25, 0.3) is 0 Å². The zero-order valence-electron chi connectivity index (χ0n) is 28.2. The van der Waals surface area contributed by atoms with Crippen molar-refractivity contribution >= 4 is 11.8 Å². The fraction of sp³-hybridized carbons (Fsp3) is 0.737. The summed E-state index contributed by atoms with van der Waals surface area (Å²) < 4.78 is 7.06. The van der Waals surface area contributed by atoms with Gasteiger partial charge in [-0.05, 0) is 122 Å². The number of amides is 2. The van der Waals surface area contributed by atoms with E-state index in [0.29, 0.717) is 54.1 Å². The van der Waals surface area contributed by atoms with E-state index in [2.05, 4.69) is 49.7 Å². The number of allylic oxidation sites excluding steroid dienone is 1. The molecule has 1 unspecified atom stereocenters. The standard InChI is InChI=1S/C38H55N3O5/c1-22-9-15-38(40-21-22)23(2)35-32(46-38)19-29-27-7-6-25-18-26(10-13-36(25,3)28(27)11-14-37(29,35)4)41-34(45)20-33(44)39-16-12-24-5-8-30(42)31(43)17-24/h5-6,8,17,22-23,26-29,32,35,40,42-43H,7,9-16,18-21H2,1-4H3,(H,39,44)(H,41,45)/t22-,23+,26?,27-,28+,29+,32+,35+,36+,37+,38-/m1/s1. The SMILES string of the molecule is C[C@@H]1CC[C@@]2(NC1)O[C@H]1C[C@H]3[C@@H]4CC=C5CC(NC(=O)CC(=O)NCCc6ccc(O)c(O)c6)CC[C@]5(C)[C@H]4CC[C@]3(C)[C@H]1[C@@H]2C. The molecule has 2 saturated heterocycles. The molecule has 3 saturated carbocycles. The summed E-state index contributed by atoms with van der Waals surface area (Å²) in [5.41, 5.74) is 2.75. The molecule has 8 nitrogen and oxygen atoms in total. The van der Waals surface area contributed by atoms with Gasteiger partial charge in [0.15, 0.2) is 11.5 Å². The van der Waals surface area contributed by atoms with E-state index in [-0.39, 0.29) is 46.9 Å². The quantitative estimate of drug-likeness (QED) is 0.159. The number of hydrogen-bond acceptors (Lipinski definition) is 6. The van der Waals surface area contributed by atoms with Gasteiger partial charge in [-0.3, -0.25) is 14.9 Å². The third kappa shape index (κ3) is 5.35. The van der Waals surface area contributed by atoms with Crippen LogP contribution in [0.3, 0.4) is 0 Å². The van der Waals surface area contributed by atoms with Crippen molar-refractivity contribution in [3.05, 3.63) is 35.4 Å². The lowest BCUT2D eigenvalue weighted by molar-refractivity contribution is -0.129. The minimum absolute atomic E-state index is 0.0759. The Balaban J connectivity index is 0.935. The van der Waals surface area contributed by atoms with E-state index in [1.165, 1.54) is 43.4 Å². The van der Waals surface area contributed by atoms with Crippen molar-refractivity contribution in [2.45, 2.75) is 116 Å². The van der Waals surface area contributed by atoms with Crippen LogP contribution in [-0.4, -0.2) is 53.0 Å². The molecule has 5 N–H and O–H groups in total. The van der Waals surface area contributed by atoms with Crippen LogP contribution in [0.2, 0.25) is 0 Å². The summed E-state index contributed by atoms with van der Waals surface area (Å²) in [4.78, 5) is 25.3. The van der Waals surface area contributed by atoms with Gasteiger partial charge in [0.25, 0.3) is 0 Å². The molecule has 1 aromatic rings. The first-order valence-electron chi connectivity index (χ1n) is 18.1. The number of nitrogens with one attached hydrogen (secondary N) is 3. The minimum atomic E-state index is -0.300. The van der Waals surface area contributed by atoms with Gasteiger partial charge in [-0.25, -0.2) is 0 Å². The lowest BCUT2D eigenvalue weighted by Gasteiger charge is -2.58. The molecule has 6 aliphatic rings. The molecule has 2 heterocycles. The molecule has 7 rings (SSSR count). The Kier molecular flexibility index (Phi) is 8.23. The van der Waals surface area contributed by atoms with Crippen molar-refractivity contribution in [3.63, 3.8) is 0 Å². The van der Waals surface area contributed by atoms with E-state index in [1.807, 2.05) is 0 Å². The van der Waals surface area contributed by atoms with Gasteiger partial charge < -0.3 is 25.6 Å². The number of hydrogen-bond donors (Lipinski definition) is 5. The van der Waals surface area contributed by atoms with Gasteiger partial charge >= 0.3 is 0 Å². The zero-order valence-corrected chi connectivity index (χ0v) is 28.2. The second-order valence-corrected chi connectivity index (χ2v) is 16.5. The smallest absolute Gasteiger partial charge is 0.229 e. The van der Waals surface area contributed by atoms with Crippen LogP contribution in [0.5, 0.6) is 11.5 Å². The van der Waals surface area contributed by atoms with Crippen molar-refractivity contribution in [2.75, 3.05) is 13.1 Å². The van der Waals surface area contributed by atoms with Crippen LogP contribution < -0.4 is 16.0 Å². The predicted octanol–water partition coefficient (Wildman–Crippen LogP) is 5.57. The molecule has 4 aliphatic carbocycles. The van der Waals surface area contributed by atoms with E-state index >= 15 is 0 Å². The number of carbonyl (C=O) groups excluding carboxylic acids is 2. The van der Waals surface area contributed by atoms with Crippen molar-refractivity contribution in [1.82, 2.24) is 16.0 Å². The highest BCUT2D eigenvalue weighted by atomic mass is 16.5. The van der Waals surface area contributed by atoms with E-state index in [0.717, 1.165) is 50.1 Å². The average molecular weight is 634 g/mol. The Morgan fingerprint density at radius 1 is 1.02 bits per heavy atom. The number of phenols is 2. The van der Waals surface area contributed by atoms with E-state index in [4.69, 9.17) is 4.74 Å². The third-order valence-electron chi connectivity index (χ3n) is 14.0. The summed E-state index contributed by atoms with van der Waals surface area (Å²) >= 11 is 0. The maximum absolute atomic E-state index is 12.8. The molecule has 0 radical (unpaired) electrons. The number of benzene rings is 1. The molecule has 252 valence electrons. The normalized spacial score (nSPS) is 42.7. The molecule has 5 fully saturated rings. The first kappa shape index (κ1) is 32.0. The molecular weight excluding hydrogens is 578 g/mol. The Morgan fingerprint density at radius 3 is 2.61 bits per heavy atom. The van der Waals surface area contributed by atoms with Crippen molar-refractivity contribution in [2.24, 2.45) is 46.3 Å². The number of piperidine rings is 1. The summed E-state index contributed by atoms with van der Waals surface area (Å²) in [5.74, 6) is 3.18. The summed E-state index contributed by atoms with van der Waals surface area (Å²) in [6, 6.07) is 4.69. The lowest BCUT2D eigenvalue weighted by Crippen LogP contribution is -2.57. The van der Waals surface area contributed by atoms with E-state index < -0.39 is 0 Å². The molecule has 0 aromatic heterocycles. The van der Waals surface area contributed by atoms with Gasteiger partial charge in [-0.1, -0.05) is 45.4 Å². The number of rotatable bonds is 6. The minimum Gasteiger partial charge on any atom is -0.504 e. The topological polar surface area (TPSA) is 120 Å². The van der Waals surface area contributed by atoms with Crippen LogP contribution >= 0.6 is 0 Å². The maximum atomic E-state index is 12.8. The number of aromatic hydroxyl groups is 2. The summed E-state index contributed by atoms with van der Waals surface area (Å²) in [6.45, 7) is 11.4. The van der Waals surface area contributed by atoms with Gasteiger partial charge in [0.2, 0.25) is 11.8 Å². The first-order valence-corrected chi connectivity index (χ1v) is 18.1. The van der Waals surface area contributed by atoms with Crippen LogP contribution in [0, 0.1) is 46.3 Å². The Hall–Kier alpha value is -2.58.